The second-order valence-corrected chi connectivity index (χ2v) is 9.19. The molecule has 0 fully saturated rings. The van der Waals surface area contributed by atoms with E-state index in [0.717, 1.165) is 6.26 Å². The van der Waals surface area contributed by atoms with Gasteiger partial charge in [-0.15, -0.1) is 0 Å². The van der Waals surface area contributed by atoms with Gasteiger partial charge in [0.15, 0.2) is 0 Å². The number of methoxy groups -OCH3 is 1. The van der Waals surface area contributed by atoms with Gasteiger partial charge in [0.2, 0.25) is 0 Å². The Kier molecular flexibility index (Phi) is 8.41. The van der Waals surface area contributed by atoms with E-state index in [9.17, 15) is 18.0 Å². The van der Waals surface area contributed by atoms with Crippen LogP contribution in [0.5, 0.6) is 5.75 Å². The lowest BCUT2D eigenvalue weighted by Gasteiger charge is -2.15. The number of amidine groups is 1. The molecule has 4 N–H and O–H groups in total. The monoisotopic (exact) mass is 511 g/mol. The van der Waals surface area contributed by atoms with Gasteiger partial charge in [0.1, 0.15) is 18.2 Å². The number of anilines is 1. The molecule has 0 atom stereocenters. The molecule has 11 heteroatoms. The number of nitrogen functional groups attached to an aromatic ring is 1. The Labute approximate surface area is 208 Å². The minimum atomic E-state index is -4.09. The van der Waals surface area contributed by atoms with Crippen LogP contribution in [0.15, 0.2) is 66.7 Å². The molecule has 3 rings (SSSR count). The average Bonchev–Trinajstić information content (AvgIpc) is 2.83. The van der Waals surface area contributed by atoms with Crippen molar-refractivity contribution in [1.29, 1.82) is 5.41 Å². The highest BCUT2D eigenvalue weighted by atomic mass is 32.2. The molecule has 3 aromatic rings. The summed E-state index contributed by atoms with van der Waals surface area (Å²) in [4.78, 5) is 25.9. The van der Waals surface area contributed by atoms with Crippen LogP contribution in [-0.4, -0.2) is 52.7 Å². The number of ether oxygens (including phenoxy) is 2. The summed E-state index contributed by atoms with van der Waals surface area (Å²) in [6.07, 6.45) is 0.766. The van der Waals surface area contributed by atoms with E-state index in [4.69, 9.17) is 20.6 Å². The van der Waals surface area contributed by atoms with Crippen LogP contribution in [0, 0.1) is 5.41 Å². The predicted octanol–water partition coefficient (Wildman–Crippen LogP) is 3.03. The minimum absolute atomic E-state index is 0.0959. The maximum absolute atomic E-state index is 13.1. The van der Waals surface area contributed by atoms with Gasteiger partial charge in [0.05, 0.1) is 18.4 Å². The lowest BCUT2D eigenvalue weighted by Crippen LogP contribution is -2.16. The smallest absolute Gasteiger partial charge is 0.354 e. The topological polar surface area (TPSA) is 158 Å². The van der Waals surface area contributed by atoms with E-state index >= 15 is 0 Å². The van der Waals surface area contributed by atoms with E-state index < -0.39 is 22.0 Å². The lowest BCUT2D eigenvalue weighted by molar-refractivity contribution is 0.0748. The third-order valence-corrected chi connectivity index (χ3v) is 5.36. The van der Waals surface area contributed by atoms with Crippen LogP contribution in [0.2, 0.25) is 0 Å². The van der Waals surface area contributed by atoms with Crippen molar-refractivity contribution in [2.75, 3.05) is 31.9 Å². The van der Waals surface area contributed by atoms with E-state index in [0.29, 0.717) is 29.2 Å². The standard InChI is InChI=1S/C25H25N3O7S/c1-33-13-14-34-18-11-12-20(22(15-18)25(30)35-36(2,31)32)19-5-3-4-6-21(19)24(29)28-17-9-7-16(8-10-17)23(26)27/h3-12,15H,13-14H2,1-2H3,(H3,26,27)(H,28,29). The summed E-state index contributed by atoms with van der Waals surface area (Å²) in [5.74, 6) is -1.38. The molecule has 0 spiro atoms. The first kappa shape index (κ1) is 26.4. The SMILES string of the molecule is COCCOc1ccc(-c2ccccc2C(=O)Nc2ccc(C(=N)N)cc2)c(C(=O)OS(C)(=O)=O)c1. The Morgan fingerprint density at radius 2 is 1.61 bits per heavy atom. The maximum atomic E-state index is 13.1. The average molecular weight is 512 g/mol. The van der Waals surface area contributed by atoms with Crippen molar-refractivity contribution in [3.05, 3.63) is 83.4 Å². The fraction of sp³-hybridized carbons (Fsp3) is 0.160. The van der Waals surface area contributed by atoms with Crippen molar-refractivity contribution in [3.8, 4) is 16.9 Å². The van der Waals surface area contributed by atoms with Gasteiger partial charge in [0, 0.05) is 23.9 Å². The summed E-state index contributed by atoms with van der Waals surface area (Å²) < 4.78 is 38.4. The Morgan fingerprint density at radius 1 is 0.944 bits per heavy atom. The molecule has 188 valence electrons. The molecule has 0 unspecified atom stereocenters. The number of hydrogen-bond acceptors (Lipinski definition) is 8. The molecule has 36 heavy (non-hydrogen) atoms. The predicted molar refractivity (Wildman–Crippen MR) is 135 cm³/mol. The molecule has 0 aromatic heterocycles. The Hall–Kier alpha value is -4.22. The second-order valence-electron chi connectivity index (χ2n) is 7.61. The Bertz CT molecular complexity index is 1390. The molecular weight excluding hydrogens is 486 g/mol. The number of rotatable bonds is 10. The highest BCUT2D eigenvalue weighted by Gasteiger charge is 2.23. The van der Waals surface area contributed by atoms with E-state index in [1.165, 1.54) is 13.2 Å². The van der Waals surface area contributed by atoms with Gasteiger partial charge in [-0.05, 0) is 59.7 Å². The molecule has 0 aliphatic carbocycles. The normalized spacial score (nSPS) is 10.9. The summed E-state index contributed by atoms with van der Waals surface area (Å²) in [5, 5.41) is 10.2. The third kappa shape index (κ3) is 6.90. The summed E-state index contributed by atoms with van der Waals surface area (Å²) in [6, 6.07) is 17.5. The number of carbonyl (C=O) groups is 2. The van der Waals surface area contributed by atoms with Crippen LogP contribution in [0.25, 0.3) is 11.1 Å². The number of nitrogens with two attached hydrogens (primary N) is 1. The Balaban J connectivity index is 2.00. The number of amides is 1. The van der Waals surface area contributed by atoms with Gasteiger partial charge >= 0.3 is 16.1 Å². The molecule has 1 amide bonds. The highest BCUT2D eigenvalue weighted by Crippen LogP contribution is 2.31. The van der Waals surface area contributed by atoms with Crippen LogP contribution >= 0.6 is 0 Å². The van der Waals surface area contributed by atoms with Crippen molar-refractivity contribution in [3.63, 3.8) is 0 Å². The second kappa shape index (κ2) is 11.5. The number of benzene rings is 3. The van der Waals surface area contributed by atoms with Gasteiger partial charge in [0.25, 0.3) is 5.91 Å². The largest absolute Gasteiger partial charge is 0.491 e. The van der Waals surface area contributed by atoms with Crippen molar-refractivity contribution in [2.45, 2.75) is 0 Å². The van der Waals surface area contributed by atoms with Crippen LogP contribution in [0.3, 0.4) is 0 Å². The van der Waals surface area contributed by atoms with E-state index in [2.05, 4.69) is 9.50 Å². The van der Waals surface area contributed by atoms with Crippen molar-refractivity contribution in [2.24, 2.45) is 5.73 Å². The summed E-state index contributed by atoms with van der Waals surface area (Å²) >= 11 is 0. The van der Waals surface area contributed by atoms with Gasteiger partial charge in [-0.25, -0.2) is 4.79 Å². The quantitative estimate of drug-likeness (QED) is 0.162. The highest BCUT2D eigenvalue weighted by molar-refractivity contribution is 7.86. The molecule has 0 radical (unpaired) electrons. The zero-order valence-corrected chi connectivity index (χ0v) is 20.4. The minimum Gasteiger partial charge on any atom is -0.491 e. The van der Waals surface area contributed by atoms with Gasteiger partial charge in [-0.3, -0.25) is 10.2 Å². The lowest BCUT2D eigenvalue weighted by atomic mass is 9.94. The van der Waals surface area contributed by atoms with Crippen molar-refractivity contribution < 1.29 is 31.7 Å². The molecular formula is C25H25N3O7S. The third-order valence-electron chi connectivity index (χ3n) is 4.91. The fourth-order valence-electron chi connectivity index (χ4n) is 3.29. The first-order chi connectivity index (χ1) is 17.1. The van der Waals surface area contributed by atoms with Crippen LogP contribution < -0.4 is 15.8 Å². The van der Waals surface area contributed by atoms with Crippen LogP contribution in [0.4, 0.5) is 5.69 Å². The van der Waals surface area contributed by atoms with E-state index in [-0.39, 0.29) is 29.1 Å². The molecule has 3 aromatic carbocycles. The number of nitrogens with one attached hydrogen (secondary N) is 2. The molecule has 0 aliphatic rings. The number of carbonyl (C=O) groups excluding carboxylic acids is 2. The first-order valence-electron chi connectivity index (χ1n) is 10.6. The maximum Gasteiger partial charge on any atom is 0.354 e. The van der Waals surface area contributed by atoms with Gasteiger partial charge < -0.3 is 24.7 Å². The number of hydrogen-bond donors (Lipinski definition) is 3. The van der Waals surface area contributed by atoms with Crippen molar-refractivity contribution >= 4 is 33.5 Å². The van der Waals surface area contributed by atoms with Gasteiger partial charge in [-0.1, -0.05) is 18.2 Å². The van der Waals surface area contributed by atoms with E-state index in [1.807, 2.05) is 0 Å². The summed E-state index contributed by atoms with van der Waals surface area (Å²) in [5.41, 5.74) is 7.24. The zero-order chi connectivity index (χ0) is 26.3. The van der Waals surface area contributed by atoms with Gasteiger partial charge in [-0.2, -0.15) is 8.42 Å². The van der Waals surface area contributed by atoms with Crippen LogP contribution in [-0.2, 0) is 19.0 Å². The summed E-state index contributed by atoms with van der Waals surface area (Å²) in [7, 11) is -2.58. The van der Waals surface area contributed by atoms with Crippen LogP contribution in [0.1, 0.15) is 26.3 Å². The van der Waals surface area contributed by atoms with Crippen molar-refractivity contribution in [1.82, 2.24) is 0 Å². The first-order valence-corrected chi connectivity index (χ1v) is 12.5. The molecule has 10 nitrogen and oxygen atoms in total. The zero-order valence-electron chi connectivity index (χ0n) is 19.6. The molecule has 0 heterocycles. The summed E-state index contributed by atoms with van der Waals surface area (Å²) in [6.45, 7) is 0.513. The molecule has 0 bridgehead atoms. The molecule has 0 aliphatic heterocycles. The van der Waals surface area contributed by atoms with E-state index in [1.54, 1.807) is 60.7 Å². The Morgan fingerprint density at radius 3 is 2.25 bits per heavy atom. The molecule has 0 saturated carbocycles. The fourth-order valence-corrected chi connectivity index (χ4v) is 3.65. The molecule has 0 saturated heterocycles.